The van der Waals surface area contributed by atoms with Crippen molar-refractivity contribution in [1.82, 2.24) is 9.88 Å². The maximum Gasteiger partial charge on any atom is 0.224 e. The van der Waals surface area contributed by atoms with E-state index in [4.69, 9.17) is 11.6 Å². The average Bonchev–Trinajstić information content (AvgIpc) is 2.78. The zero-order valence-electron chi connectivity index (χ0n) is 15.0. The van der Waals surface area contributed by atoms with Gasteiger partial charge in [-0.1, -0.05) is 37.6 Å². The molecular weight excluding hydrogens is 353 g/mol. The van der Waals surface area contributed by atoms with E-state index in [-0.39, 0.29) is 23.7 Å². The molecule has 138 valence electrons. The van der Waals surface area contributed by atoms with Gasteiger partial charge in [-0.05, 0) is 35.7 Å². The first kappa shape index (κ1) is 18.6. The third-order valence-electron chi connectivity index (χ3n) is 4.80. The van der Waals surface area contributed by atoms with Crippen molar-refractivity contribution in [2.75, 3.05) is 18.0 Å². The molecule has 1 amide bonds. The summed E-state index contributed by atoms with van der Waals surface area (Å²) in [5.74, 6) is 0.963. The van der Waals surface area contributed by atoms with Gasteiger partial charge in [-0.15, -0.1) is 0 Å². The Morgan fingerprint density at radius 3 is 2.58 bits per heavy atom. The first-order valence-electron chi connectivity index (χ1n) is 8.84. The average molecular weight is 376 g/mol. The second kappa shape index (κ2) is 8.04. The molecule has 0 unspecified atom stereocenters. The minimum Gasteiger partial charge on any atom is -0.354 e. The number of benzene rings is 1. The van der Waals surface area contributed by atoms with Crippen LogP contribution in [0.5, 0.6) is 0 Å². The summed E-state index contributed by atoms with van der Waals surface area (Å²) < 4.78 is 13.2. The monoisotopic (exact) mass is 375 g/mol. The van der Waals surface area contributed by atoms with E-state index in [1.54, 1.807) is 18.3 Å². The van der Waals surface area contributed by atoms with Gasteiger partial charge in [0.15, 0.2) is 0 Å². The minimum atomic E-state index is -0.267. The minimum absolute atomic E-state index is 0.0486. The summed E-state index contributed by atoms with van der Waals surface area (Å²) >= 11 is 5.94. The van der Waals surface area contributed by atoms with Crippen LogP contribution >= 0.6 is 11.6 Å². The summed E-state index contributed by atoms with van der Waals surface area (Å²) in [6.45, 7) is 6.06. The first-order valence-corrected chi connectivity index (χ1v) is 9.22. The van der Waals surface area contributed by atoms with Crippen LogP contribution in [0.2, 0.25) is 5.02 Å². The molecule has 2 aromatic rings. The number of halogens is 2. The van der Waals surface area contributed by atoms with Crippen LogP contribution < -0.4 is 4.90 Å². The van der Waals surface area contributed by atoms with Gasteiger partial charge < -0.3 is 9.80 Å². The summed E-state index contributed by atoms with van der Waals surface area (Å²) in [5.41, 5.74) is 0.934. The highest BCUT2D eigenvalue weighted by atomic mass is 35.5. The third kappa shape index (κ3) is 4.33. The normalized spacial score (nSPS) is 18.3. The SMILES string of the molecule is CC(C)[C@H]1CN(c2ccc(Cl)cn2)CCC(=O)N1Cc1ccc(F)cc1. The first-order chi connectivity index (χ1) is 12.4. The van der Waals surface area contributed by atoms with Gasteiger partial charge >= 0.3 is 0 Å². The summed E-state index contributed by atoms with van der Waals surface area (Å²) in [4.78, 5) is 21.3. The van der Waals surface area contributed by atoms with E-state index in [9.17, 15) is 9.18 Å². The lowest BCUT2D eigenvalue weighted by Gasteiger charge is -2.35. The van der Waals surface area contributed by atoms with Gasteiger partial charge in [-0.2, -0.15) is 0 Å². The number of hydrogen-bond donors (Lipinski definition) is 0. The van der Waals surface area contributed by atoms with Crippen LogP contribution in [0.1, 0.15) is 25.8 Å². The second-order valence-electron chi connectivity index (χ2n) is 6.99. The molecule has 1 atom stereocenters. The molecular formula is C20H23ClFN3O. The predicted molar refractivity (Wildman–Crippen MR) is 102 cm³/mol. The van der Waals surface area contributed by atoms with E-state index >= 15 is 0 Å². The van der Waals surface area contributed by atoms with Crippen LogP contribution in [0.15, 0.2) is 42.6 Å². The van der Waals surface area contributed by atoms with Crippen LogP contribution in [0.4, 0.5) is 10.2 Å². The van der Waals surface area contributed by atoms with E-state index in [0.717, 1.165) is 11.4 Å². The molecule has 0 bridgehead atoms. The van der Waals surface area contributed by atoms with Crippen molar-refractivity contribution in [3.63, 3.8) is 0 Å². The predicted octanol–water partition coefficient (Wildman–Crippen LogP) is 4.14. The van der Waals surface area contributed by atoms with Crippen molar-refractivity contribution in [3.05, 3.63) is 59.0 Å². The highest BCUT2D eigenvalue weighted by Crippen LogP contribution is 2.24. The van der Waals surface area contributed by atoms with Gasteiger partial charge in [0, 0.05) is 32.3 Å². The molecule has 6 heteroatoms. The van der Waals surface area contributed by atoms with Gasteiger partial charge in [0.2, 0.25) is 5.91 Å². The number of pyridine rings is 1. The van der Waals surface area contributed by atoms with Crippen molar-refractivity contribution in [2.45, 2.75) is 32.9 Å². The van der Waals surface area contributed by atoms with Crippen LogP contribution in [0.25, 0.3) is 0 Å². The summed E-state index contributed by atoms with van der Waals surface area (Å²) in [5, 5.41) is 0.595. The molecule has 1 aromatic carbocycles. The third-order valence-corrected chi connectivity index (χ3v) is 5.02. The lowest BCUT2D eigenvalue weighted by molar-refractivity contribution is -0.134. The number of carbonyl (C=O) groups is 1. The number of nitrogens with zero attached hydrogens (tertiary/aromatic N) is 3. The standard InChI is InChI=1S/C20H23ClFN3O/c1-14(2)18-13-24(19-8-5-16(21)11-23-19)10-9-20(26)25(18)12-15-3-6-17(22)7-4-15/h3-8,11,14,18H,9-10,12-13H2,1-2H3/t18-/m1/s1. The van der Waals surface area contributed by atoms with Crippen molar-refractivity contribution in [2.24, 2.45) is 5.92 Å². The van der Waals surface area contributed by atoms with Gasteiger partial charge in [-0.25, -0.2) is 9.37 Å². The van der Waals surface area contributed by atoms with Crippen molar-refractivity contribution in [3.8, 4) is 0 Å². The highest BCUT2D eigenvalue weighted by molar-refractivity contribution is 6.30. The lowest BCUT2D eigenvalue weighted by atomic mass is 10.0. The maximum absolute atomic E-state index is 13.2. The Morgan fingerprint density at radius 2 is 1.96 bits per heavy atom. The Kier molecular flexibility index (Phi) is 5.77. The zero-order valence-corrected chi connectivity index (χ0v) is 15.8. The fraction of sp³-hybridized carbons (Fsp3) is 0.400. The van der Waals surface area contributed by atoms with E-state index < -0.39 is 0 Å². The van der Waals surface area contributed by atoms with E-state index in [1.165, 1.54) is 12.1 Å². The fourth-order valence-corrected chi connectivity index (χ4v) is 3.41. The molecule has 1 aromatic heterocycles. The quantitative estimate of drug-likeness (QED) is 0.805. The summed E-state index contributed by atoms with van der Waals surface area (Å²) in [6.07, 6.45) is 2.05. The number of rotatable bonds is 4. The number of carbonyl (C=O) groups excluding carboxylic acids is 1. The van der Waals surface area contributed by atoms with Gasteiger partial charge in [-0.3, -0.25) is 4.79 Å². The Morgan fingerprint density at radius 1 is 1.23 bits per heavy atom. The Labute approximate surface area is 158 Å². The van der Waals surface area contributed by atoms with Gasteiger partial charge in [0.1, 0.15) is 11.6 Å². The Bertz CT molecular complexity index is 749. The van der Waals surface area contributed by atoms with E-state index in [0.29, 0.717) is 31.1 Å². The van der Waals surface area contributed by atoms with Crippen LogP contribution in [0, 0.1) is 11.7 Å². The Balaban J connectivity index is 1.83. The number of hydrogen-bond acceptors (Lipinski definition) is 3. The highest BCUT2D eigenvalue weighted by Gasteiger charge is 2.32. The smallest absolute Gasteiger partial charge is 0.224 e. The summed E-state index contributed by atoms with van der Waals surface area (Å²) in [7, 11) is 0. The molecule has 0 saturated carbocycles. The number of amides is 1. The molecule has 1 fully saturated rings. The molecule has 1 saturated heterocycles. The van der Waals surface area contributed by atoms with E-state index in [2.05, 4.69) is 23.7 Å². The van der Waals surface area contributed by atoms with Gasteiger partial charge in [0.05, 0.1) is 11.1 Å². The maximum atomic E-state index is 13.2. The molecule has 4 nitrogen and oxygen atoms in total. The summed E-state index contributed by atoms with van der Waals surface area (Å²) in [6, 6.07) is 10.1. The molecule has 1 aliphatic rings. The molecule has 26 heavy (non-hydrogen) atoms. The van der Waals surface area contributed by atoms with Crippen LogP contribution in [-0.4, -0.2) is 34.9 Å². The van der Waals surface area contributed by atoms with Crippen molar-refractivity contribution in [1.29, 1.82) is 0 Å². The van der Waals surface area contributed by atoms with Crippen LogP contribution in [0.3, 0.4) is 0 Å². The molecule has 2 heterocycles. The molecule has 0 spiro atoms. The second-order valence-corrected chi connectivity index (χ2v) is 7.43. The molecule has 3 rings (SSSR count). The topological polar surface area (TPSA) is 36.4 Å². The molecule has 0 aliphatic carbocycles. The fourth-order valence-electron chi connectivity index (χ4n) is 3.30. The Hall–Kier alpha value is -2.14. The van der Waals surface area contributed by atoms with Crippen molar-refractivity contribution >= 4 is 23.3 Å². The molecule has 0 N–H and O–H groups in total. The van der Waals surface area contributed by atoms with Crippen molar-refractivity contribution < 1.29 is 9.18 Å². The zero-order chi connectivity index (χ0) is 18.7. The van der Waals surface area contributed by atoms with Crippen LogP contribution in [-0.2, 0) is 11.3 Å². The van der Waals surface area contributed by atoms with Gasteiger partial charge in [0.25, 0.3) is 0 Å². The number of aromatic nitrogens is 1. The number of anilines is 1. The molecule has 0 radical (unpaired) electrons. The lowest BCUT2D eigenvalue weighted by Crippen LogP contribution is -2.46. The largest absolute Gasteiger partial charge is 0.354 e. The van der Waals surface area contributed by atoms with E-state index in [1.807, 2.05) is 17.0 Å². The molecule has 1 aliphatic heterocycles.